The van der Waals surface area contributed by atoms with E-state index >= 15 is 0 Å². The minimum atomic E-state index is 0.883. The first-order chi connectivity index (χ1) is 6.66. The summed E-state index contributed by atoms with van der Waals surface area (Å²) < 4.78 is 0. The fourth-order valence-corrected chi connectivity index (χ4v) is 3.20. The van der Waals surface area contributed by atoms with Gasteiger partial charge in [-0.3, -0.25) is 0 Å². The van der Waals surface area contributed by atoms with Crippen molar-refractivity contribution in [1.82, 2.24) is 0 Å². The minimum Gasteiger partial charge on any atom is -0.152 e. The SMILES string of the molecule is Cc1cscc1CC1CC1CC(C)C. The van der Waals surface area contributed by atoms with Crippen LogP contribution in [0.4, 0.5) is 0 Å². The number of thiophene rings is 1. The van der Waals surface area contributed by atoms with E-state index in [9.17, 15) is 0 Å². The molecule has 14 heavy (non-hydrogen) atoms. The van der Waals surface area contributed by atoms with Crippen molar-refractivity contribution in [2.24, 2.45) is 17.8 Å². The molecule has 0 nitrogen and oxygen atoms in total. The van der Waals surface area contributed by atoms with Crippen LogP contribution in [0, 0.1) is 24.7 Å². The Labute approximate surface area is 91.4 Å². The smallest absolute Gasteiger partial charge is 0.00584 e. The highest BCUT2D eigenvalue weighted by Crippen LogP contribution is 2.45. The lowest BCUT2D eigenvalue weighted by molar-refractivity contribution is 0.511. The monoisotopic (exact) mass is 208 g/mol. The molecule has 0 saturated heterocycles. The number of hydrogen-bond donors (Lipinski definition) is 0. The van der Waals surface area contributed by atoms with E-state index in [-0.39, 0.29) is 0 Å². The molecular weight excluding hydrogens is 188 g/mol. The molecule has 1 heteroatoms. The molecule has 1 heterocycles. The van der Waals surface area contributed by atoms with Crippen LogP contribution in [0.3, 0.4) is 0 Å². The summed E-state index contributed by atoms with van der Waals surface area (Å²) in [6, 6.07) is 0. The second-order valence-electron chi connectivity index (χ2n) is 5.17. The fourth-order valence-electron chi connectivity index (χ4n) is 2.33. The van der Waals surface area contributed by atoms with Gasteiger partial charge in [-0.05, 0) is 65.8 Å². The summed E-state index contributed by atoms with van der Waals surface area (Å²) in [6.45, 7) is 6.92. The molecular formula is C13H20S. The van der Waals surface area contributed by atoms with E-state index in [1.165, 1.54) is 24.8 Å². The summed E-state index contributed by atoms with van der Waals surface area (Å²) in [6.07, 6.45) is 4.26. The molecule has 0 bridgehead atoms. The quantitative estimate of drug-likeness (QED) is 0.693. The first kappa shape index (κ1) is 10.2. The summed E-state index contributed by atoms with van der Waals surface area (Å²) in [4.78, 5) is 0. The van der Waals surface area contributed by atoms with Crippen molar-refractivity contribution in [3.05, 3.63) is 21.9 Å². The fraction of sp³-hybridized carbons (Fsp3) is 0.692. The maximum absolute atomic E-state index is 2.34. The molecule has 1 aromatic rings. The van der Waals surface area contributed by atoms with Gasteiger partial charge in [0.25, 0.3) is 0 Å². The van der Waals surface area contributed by atoms with E-state index in [1.807, 2.05) is 11.3 Å². The molecule has 0 N–H and O–H groups in total. The lowest BCUT2D eigenvalue weighted by Gasteiger charge is -2.03. The molecule has 1 saturated carbocycles. The van der Waals surface area contributed by atoms with Crippen LogP contribution in [-0.4, -0.2) is 0 Å². The first-order valence-corrected chi connectivity index (χ1v) is 6.62. The van der Waals surface area contributed by atoms with E-state index in [0.29, 0.717) is 0 Å². The molecule has 0 aliphatic heterocycles. The Morgan fingerprint density at radius 2 is 2.14 bits per heavy atom. The molecule has 0 aromatic carbocycles. The molecule has 2 atom stereocenters. The summed E-state index contributed by atoms with van der Waals surface area (Å²) in [5.74, 6) is 2.92. The molecule has 0 amide bonds. The minimum absolute atomic E-state index is 0.883. The van der Waals surface area contributed by atoms with Crippen molar-refractivity contribution in [2.45, 2.75) is 40.0 Å². The Morgan fingerprint density at radius 1 is 1.36 bits per heavy atom. The third-order valence-corrected chi connectivity index (χ3v) is 4.20. The molecule has 1 aliphatic carbocycles. The predicted octanol–water partition coefficient (Wildman–Crippen LogP) is 4.28. The topological polar surface area (TPSA) is 0 Å². The van der Waals surface area contributed by atoms with Gasteiger partial charge in [-0.15, -0.1) is 0 Å². The summed E-state index contributed by atoms with van der Waals surface area (Å²) in [5, 5.41) is 4.61. The van der Waals surface area contributed by atoms with Gasteiger partial charge in [-0.1, -0.05) is 13.8 Å². The van der Waals surface area contributed by atoms with Gasteiger partial charge in [0, 0.05) is 0 Å². The van der Waals surface area contributed by atoms with Crippen LogP contribution >= 0.6 is 11.3 Å². The van der Waals surface area contributed by atoms with E-state index in [1.54, 1.807) is 5.56 Å². The van der Waals surface area contributed by atoms with Crippen LogP contribution in [0.15, 0.2) is 10.8 Å². The average Bonchev–Trinajstić information content (AvgIpc) is 2.66. The molecule has 0 radical (unpaired) electrons. The molecule has 1 aromatic heterocycles. The highest BCUT2D eigenvalue weighted by Gasteiger charge is 2.36. The lowest BCUT2D eigenvalue weighted by Crippen LogP contribution is -1.94. The van der Waals surface area contributed by atoms with Crippen molar-refractivity contribution in [3.63, 3.8) is 0 Å². The van der Waals surface area contributed by atoms with Gasteiger partial charge in [-0.25, -0.2) is 0 Å². The molecule has 2 unspecified atom stereocenters. The normalized spacial score (nSPS) is 25.7. The molecule has 0 spiro atoms. The maximum Gasteiger partial charge on any atom is -0.00584 e. The summed E-state index contributed by atoms with van der Waals surface area (Å²) in [5.41, 5.74) is 3.11. The second-order valence-corrected chi connectivity index (χ2v) is 5.91. The Kier molecular flexibility index (Phi) is 2.96. The number of rotatable bonds is 4. The highest BCUT2D eigenvalue weighted by atomic mass is 32.1. The van der Waals surface area contributed by atoms with Gasteiger partial charge in [0.15, 0.2) is 0 Å². The van der Waals surface area contributed by atoms with Gasteiger partial charge >= 0.3 is 0 Å². The maximum atomic E-state index is 2.34. The summed E-state index contributed by atoms with van der Waals surface area (Å²) >= 11 is 1.85. The first-order valence-electron chi connectivity index (χ1n) is 5.68. The van der Waals surface area contributed by atoms with E-state index in [2.05, 4.69) is 31.5 Å². The van der Waals surface area contributed by atoms with Crippen molar-refractivity contribution in [1.29, 1.82) is 0 Å². The van der Waals surface area contributed by atoms with Gasteiger partial charge in [-0.2, -0.15) is 11.3 Å². The van der Waals surface area contributed by atoms with Gasteiger partial charge < -0.3 is 0 Å². The molecule has 1 fully saturated rings. The van der Waals surface area contributed by atoms with Crippen molar-refractivity contribution in [3.8, 4) is 0 Å². The average molecular weight is 208 g/mol. The number of hydrogen-bond acceptors (Lipinski definition) is 1. The Morgan fingerprint density at radius 3 is 2.71 bits per heavy atom. The van der Waals surface area contributed by atoms with Crippen LogP contribution in [0.2, 0.25) is 0 Å². The zero-order valence-corrected chi connectivity index (χ0v) is 10.2. The summed E-state index contributed by atoms with van der Waals surface area (Å²) in [7, 11) is 0. The zero-order valence-electron chi connectivity index (χ0n) is 9.42. The van der Waals surface area contributed by atoms with Crippen molar-refractivity contribution in [2.75, 3.05) is 0 Å². The van der Waals surface area contributed by atoms with Crippen molar-refractivity contribution < 1.29 is 0 Å². The third kappa shape index (κ3) is 2.38. The highest BCUT2D eigenvalue weighted by molar-refractivity contribution is 7.08. The predicted molar refractivity (Wildman–Crippen MR) is 63.8 cm³/mol. The van der Waals surface area contributed by atoms with E-state index < -0.39 is 0 Å². The van der Waals surface area contributed by atoms with Gasteiger partial charge in [0.1, 0.15) is 0 Å². The Bertz CT molecular complexity index is 298. The molecule has 2 rings (SSSR count). The third-order valence-electron chi connectivity index (χ3n) is 3.29. The van der Waals surface area contributed by atoms with E-state index in [0.717, 1.165) is 17.8 Å². The molecule has 1 aliphatic rings. The van der Waals surface area contributed by atoms with E-state index in [4.69, 9.17) is 0 Å². The van der Waals surface area contributed by atoms with Crippen LogP contribution in [0.1, 0.15) is 37.8 Å². The standard InChI is InChI=1S/C13H20S/c1-9(2)4-11-5-12(11)6-13-8-14-7-10(13)3/h7-9,11-12H,4-6H2,1-3H3. The van der Waals surface area contributed by atoms with Gasteiger partial charge in [0.05, 0.1) is 0 Å². The van der Waals surface area contributed by atoms with Crippen molar-refractivity contribution >= 4 is 11.3 Å². The number of aryl methyl sites for hydroxylation is 1. The Hall–Kier alpha value is -0.300. The Balaban J connectivity index is 1.82. The van der Waals surface area contributed by atoms with Crippen LogP contribution < -0.4 is 0 Å². The second kappa shape index (κ2) is 4.06. The van der Waals surface area contributed by atoms with Gasteiger partial charge in [0.2, 0.25) is 0 Å². The van der Waals surface area contributed by atoms with Crippen LogP contribution in [0.25, 0.3) is 0 Å². The largest absolute Gasteiger partial charge is 0.152 e. The van der Waals surface area contributed by atoms with Crippen LogP contribution in [-0.2, 0) is 6.42 Å². The molecule has 78 valence electrons. The zero-order chi connectivity index (χ0) is 10.1. The lowest BCUT2D eigenvalue weighted by atomic mass is 10.0. The van der Waals surface area contributed by atoms with Crippen LogP contribution in [0.5, 0.6) is 0 Å².